The minimum absolute atomic E-state index is 0.0863. The normalized spacial score (nSPS) is 18.7. The average molecular weight is 410 g/mol. The molecule has 0 spiro atoms. The lowest BCUT2D eigenvalue weighted by Crippen LogP contribution is -2.46. The zero-order valence-electron chi connectivity index (χ0n) is 19.1. The van der Waals surface area contributed by atoms with Crippen molar-refractivity contribution in [2.24, 2.45) is 0 Å². The van der Waals surface area contributed by atoms with E-state index in [1.165, 1.54) is 5.56 Å². The van der Waals surface area contributed by atoms with Gasteiger partial charge in [-0.1, -0.05) is 65.0 Å². The molecule has 0 bridgehead atoms. The molecule has 1 aliphatic heterocycles. The first-order valence-corrected chi connectivity index (χ1v) is 11.0. The van der Waals surface area contributed by atoms with E-state index in [2.05, 4.69) is 52.1 Å². The van der Waals surface area contributed by atoms with Gasteiger partial charge in [-0.2, -0.15) is 0 Å². The Balaban J connectivity index is 1.71. The third kappa shape index (κ3) is 4.80. The highest BCUT2D eigenvalue weighted by molar-refractivity contribution is 5.81. The second-order valence-electron chi connectivity index (χ2n) is 9.33. The maximum Gasteiger partial charge on any atom is 0.261 e. The van der Waals surface area contributed by atoms with Crippen LogP contribution in [0.1, 0.15) is 78.0 Å². The van der Waals surface area contributed by atoms with Crippen LogP contribution in [0, 0.1) is 0 Å². The van der Waals surface area contributed by atoms with Crippen molar-refractivity contribution in [2.75, 3.05) is 0 Å². The second kappa shape index (κ2) is 8.71. The number of fused-ring (bicyclic) bond motifs is 1. The standard InChI is InChI=1S/C26H35NO3/c1-7-26(8-2)17-22(21-11-9-10-12-23(21)30-26)27-24(28)18(3)29-20-15-13-19(14-16-20)25(4,5)6/h9-16,18,22H,7-8,17H2,1-6H3,(H,27,28)/t18-,22-/m1/s1. The third-order valence-electron chi connectivity index (χ3n) is 6.20. The molecule has 4 heteroatoms. The quantitative estimate of drug-likeness (QED) is 0.641. The van der Waals surface area contributed by atoms with E-state index in [4.69, 9.17) is 9.47 Å². The predicted molar refractivity (Wildman–Crippen MR) is 121 cm³/mol. The Hall–Kier alpha value is -2.49. The lowest BCUT2D eigenvalue weighted by Gasteiger charge is -2.41. The largest absolute Gasteiger partial charge is 0.487 e. The molecule has 0 unspecified atom stereocenters. The summed E-state index contributed by atoms with van der Waals surface area (Å²) in [5, 5.41) is 3.21. The molecule has 2 aromatic carbocycles. The molecule has 2 atom stereocenters. The third-order valence-corrected chi connectivity index (χ3v) is 6.20. The van der Waals surface area contributed by atoms with Crippen LogP contribution in [0.25, 0.3) is 0 Å². The van der Waals surface area contributed by atoms with E-state index in [0.29, 0.717) is 5.75 Å². The van der Waals surface area contributed by atoms with Crippen molar-refractivity contribution in [2.45, 2.75) is 84.0 Å². The Morgan fingerprint density at radius 1 is 1.13 bits per heavy atom. The molecule has 3 rings (SSSR count). The average Bonchev–Trinajstić information content (AvgIpc) is 2.73. The lowest BCUT2D eigenvalue weighted by molar-refractivity contribution is -0.128. The van der Waals surface area contributed by atoms with Gasteiger partial charge in [0, 0.05) is 12.0 Å². The predicted octanol–water partition coefficient (Wildman–Crippen LogP) is 5.95. The second-order valence-corrected chi connectivity index (χ2v) is 9.33. The summed E-state index contributed by atoms with van der Waals surface area (Å²) in [4.78, 5) is 13.0. The summed E-state index contributed by atoms with van der Waals surface area (Å²) in [5.41, 5.74) is 2.11. The molecule has 0 saturated heterocycles. The van der Waals surface area contributed by atoms with Crippen LogP contribution in [0.4, 0.5) is 0 Å². The van der Waals surface area contributed by atoms with Crippen molar-refractivity contribution < 1.29 is 14.3 Å². The molecule has 0 aromatic heterocycles. The van der Waals surface area contributed by atoms with E-state index in [9.17, 15) is 4.79 Å². The van der Waals surface area contributed by atoms with Gasteiger partial charge < -0.3 is 14.8 Å². The van der Waals surface area contributed by atoms with Gasteiger partial charge in [0.1, 0.15) is 17.1 Å². The van der Waals surface area contributed by atoms with Crippen molar-refractivity contribution in [1.82, 2.24) is 5.32 Å². The number of hydrogen-bond acceptors (Lipinski definition) is 3. The molecule has 1 heterocycles. The molecule has 0 saturated carbocycles. The van der Waals surface area contributed by atoms with E-state index < -0.39 is 6.10 Å². The summed E-state index contributed by atoms with van der Waals surface area (Å²) >= 11 is 0. The number of amides is 1. The Kier molecular flexibility index (Phi) is 6.44. The summed E-state index contributed by atoms with van der Waals surface area (Å²) in [6, 6.07) is 15.9. The number of rotatable bonds is 6. The zero-order valence-corrected chi connectivity index (χ0v) is 19.1. The molecule has 4 nitrogen and oxygen atoms in total. The summed E-state index contributed by atoms with van der Waals surface area (Å²) in [6.07, 6.45) is 1.97. The topological polar surface area (TPSA) is 47.6 Å². The van der Waals surface area contributed by atoms with Crippen molar-refractivity contribution in [3.05, 3.63) is 59.7 Å². The van der Waals surface area contributed by atoms with Crippen LogP contribution < -0.4 is 14.8 Å². The van der Waals surface area contributed by atoms with Gasteiger partial charge in [0.05, 0.1) is 6.04 Å². The fourth-order valence-electron chi connectivity index (χ4n) is 4.01. The Morgan fingerprint density at radius 2 is 1.77 bits per heavy atom. The Morgan fingerprint density at radius 3 is 2.37 bits per heavy atom. The molecule has 0 fully saturated rings. The van der Waals surface area contributed by atoms with Gasteiger partial charge in [0.25, 0.3) is 5.91 Å². The van der Waals surface area contributed by atoms with Gasteiger partial charge in [-0.05, 0) is 48.9 Å². The number of carbonyl (C=O) groups is 1. The van der Waals surface area contributed by atoms with Gasteiger partial charge >= 0.3 is 0 Å². The number of nitrogens with one attached hydrogen (secondary N) is 1. The molecule has 1 amide bonds. The van der Waals surface area contributed by atoms with Gasteiger partial charge in [0.2, 0.25) is 0 Å². The first kappa shape index (κ1) is 22.2. The monoisotopic (exact) mass is 409 g/mol. The van der Waals surface area contributed by atoms with Crippen molar-refractivity contribution in [1.29, 1.82) is 0 Å². The molecular weight excluding hydrogens is 374 g/mol. The summed E-state index contributed by atoms with van der Waals surface area (Å²) in [7, 11) is 0. The highest BCUT2D eigenvalue weighted by Gasteiger charge is 2.39. The van der Waals surface area contributed by atoms with Gasteiger partial charge in [-0.15, -0.1) is 0 Å². The maximum atomic E-state index is 13.0. The van der Waals surface area contributed by atoms with E-state index in [0.717, 1.165) is 30.6 Å². The highest BCUT2D eigenvalue weighted by atomic mass is 16.5. The number of benzene rings is 2. The minimum atomic E-state index is -0.585. The van der Waals surface area contributed by atoms with Crippen LogP contribution in [0.2, 0.25) is 0 Å². The maximum absolute atomic E-state index is 13.0. The van der Waals surface area contributed by atoms with Crippen molar-refractivity contribution in [3.8, 4) is 11.5 Å². The molecule has 30 heavy (non-hydrogen) atoms. The number of hydrogen-bond donors (Lipinski definition) is 1. The molecule has 162 valence electrons. The Bertz CT molecular complexity index is 863. The lowest BCUT2D eigenvalue weighted by atomic mass is 9.83. The van der Waals surface area contributed by atoms with Crippen LogP contribution in [-0.4, -0.2) is 17.6 Å². The van der Waals surface area contributed by atoms with Crippen LogP contribution in [0.15, 0.2) is 48.5 Å². The fourth-order valence-corrected chi connectivity index (χ4v) is 4.01. The van der Waals surface area contributed by atoms with E-state index in [1.807, 2.05) is 36.4 Å². The minimum Gasteiger partial charge on any atom is -0.487 e. The molecule has 0 radical (unpaired) electrons. The molecule has 2 aromatic rings. The molecule has 1 aliphatic rings. The summed E-state index contributed by atoms with van der Waals surface area (Å²) in [6.45, 7) is 12.6. The van der Waals surface area contributed by atoms with Crippen LogP contribution in [0.3, 0.4) is 0 Å². The molecular formula is C26H35NO3. The van der Waals surface area contributed by atoms with Crippen LogP contribution in [0.5, 0.6) is 11.5 Å². The number of ether oxygens (including phenoxy) is 2. The number of carbonyl (C=O) groups excluding carboxylic acids is 1. The SMILES string of the molecule is CCC1(CC)C[C@@H](NC(=O)[C@@H](C)Oc2ccc(C(C)(C)C)cc2)c2ccccc2O1. The summed E-state index contributed by atoms with van der Waals surface area (Å²) in [5.74, 6) is 1.45. The van der Waals surface area contributed by atoms with Crippen molar-refractivity contribution >= 4 is 5.91 Å². The van der Waals surface area contributed by atoms with E-state index in [1.54, 1.807) is 6.92 Å². The van der Waals surface area contributed by atoms with Gasteiger partial charge in [-0.25, -0.2) is 0 Å². The highest BCUT2D eigenvalue weighted by Crippen LogP contribution is 2.42. The van der Waals surface area contributed by atoms with E-state index in [-0.39, 0.29) is 23.0 Å². The van der Waals surface area contributed by atoms with Gasteiger partial charge in [-0.3, -0.25) is 4.79 Å². The Labute approximate surface area is 181 Å². The smallest absolute Gasteiger partial charge is 0.261 e. The number of para-hydroxylation sites is 1. The van der Waals surface area contributed by atoms with Crippen molar-refractivity contribution in [3.63, 3.8) is 0 Å². The van der Waals surface area contributed by atoms with Crippen LogP contribution >= 0.6 is 0 Å². The zero-order chi connectivity index (χ0) is 21.9. The first-order valence-electron chi connectivity index (χ1n) is 11.0. The molecule has 1 N–H and O–H groups in total. The fraction of sp³-hybridized carbons (Fsp3) is 0.500. The molecule has 0 aliphatic carbocycles. The first-order chi connectivity index (χ1) is 14.2. The summed E-state index contributed by atoms with van der Waals surface area (Å²) < 4.78 is 12.3. The van der Waals surface area contributed by atoms with Gasteiger partial charge in [0.15, 0.2) is 6.10 Å². The van der Waals surface area contributed by atoms with Crippen LogP contribution in [-0.2, 0) is 10.2 Å². The van der Waals surface area contributed by atoms with E-state index >= 15 is 0 Å².